The maximum absolute atomic E-state index is 12.2. The number of nitrogens with one attached hydrogen (secondary N) is 1. The van der Waals surface area contributed by atoms with Crippen LogP contribution in [0.4, 0.5) is 11.4 Å². The number of hydrogen-bond donors (Lipinski definition) is 1. The molecule has 1 N–H and O–H groups in total. The number of anilines is 2. The third-order valence-corrected chi connectivity index (χ3v) is 4.47. The van der Waals surface area contributed by atoms with E-state index in [4.69, 9.17) is 21.1 Å². The number of hydrogen-bond acceptors (Lipinski definition) is 5. The lowest BCUT2D eigenvalue weighted by molar-refractivity contribution is -0.121. The summed E-state index contributed by atoms with van der Waals surface area (Å²) >= 11 is 6.01. The molecule has 0 bridgehead atoms. The van der Waals surface area contributed by atoms with Crippen LogP contribution in [0.25, 0.3) is 0 Å². The Morgan fingerprint density at radius 2 is 2.07 bits per heavy atom. The molecule has 0 saturated carbocycles. The normalized spacial score (nSPS) is 13.1. The first-order chi connectivity index (χ1) is 13.4. The summed E-state index contributed by atoms with van der Waals surface area (Å²) in [5.74, 6) is 0.599. The average molecular weight is 404 g/mol. The third kappa shape index (κ3) is 4.94. The summed E-state index contributed by atoms with van der Waals surface area (Å²) in [6.45, 7) is 1.12. The van der Waals surface area contributed by atoms with Gasteiger partial charge in [0, 0.05) is 24.8 Å². The van der Waals surface area contributed by atoms with Crippen molar-refractivity contribution in [2.24, 2.45) is 0 Å². The smallest absolute Gasteiger partial charge is 0.265 e. The number of para-hydroxylation sites is 1. The molecule has 1 heterocycles. The molecule has 0 fully saturated rings. The number of carbonyl (C=O) groups excluding carboxylic acids is 2. The van der Waals surface area contributed by atoms with Crippen LogP contribution in [0.5, 0.6) is 11.5 Å². The molecule has 2 amide bonds. The Morgan fingerprint density at radius 3 is 2.82 bits per heavy atom. The summed E-state index contributed by atoms with van der Waals surface area (Å²) in [5, 5.41) is 3.20. The fourth-order valence-electron chi connectivity index (χ4n) is 2.73. The van der Waals surface area contributed by atoms with Crippen molar-refractivity contribution >= 4 is 34.8 Å². The molecular formula is C20H22ClN3O4. The van der Waals surface area contributed by atoms with Crippen molar-refractivity contribution in [2.75, 3.05) is 50.6 Å². The topological polar surface area (TPSA) is 71.1 Å². The zero-order valence-electron chi connectivity index (χ0n) is 15.8. The van der Waals surface area contributed by atoms with Gasteiger partial charge in [0.25, 0.3) is 11.8 Å². The third-order valence-electron chi connectivity index (χ3n) is 4.15. The van der Waals surface area contributed by atoms with Crippen LogP contribution in [-0.2, 0) is 9.59 Å². The number of rotatable bonds is 7. The minimum absolute atomic E-state index is 0.0204. The SMILES string of the molecule is CN(C)CCN1C(=O)COc2cc(NC(=O)COc3ccccc3Cl)ccc21. The van der Waals surface area contributed by atoms with Crippen LogP contribution in [0.2, 0.25) is 5.02 Å². The highest BCUT2D eigenvalue weighted by atomic mass is 35.5. The van der Waals surface area contributed by atoms with E-state index in [2.05, 4.69) is 5.32 Å². The highest BCUT2D eigenvalue weighted by Crippen LogP contribution is 2.34. The summed E-state index contributed by atoms with van der Waals surface area (Å²) < 4.78 is 11.0. The Hall–Kier alpha value is -2.77. The van der Waals surface area contributed by atoms with E-state index in [1.165, 1.54) is 0 Å². The maximum Gasteiger partial charge on any atom is 0.265 e. The van der Waals surface area contributed by atoms with E-state index in [1.54, 1.807) is 47.4 Å². The van der Waals surface area contributed by atoms with Gasteiger partial charge in [0.1, 0.15) is 11.5 Å². The summed E-state index contributed by atoms with van der Waals surface area (Å²) in [6.07, 6.45) is 0. The molecule has 148 valence electrons. The second-order valence-electron chi connectivity index (χ2n) is 6.59. The Kier molecular flexibility index (Phi) is 6.38. The number of ether oxygens (including phenoxy) is 2. The first kappa shape index (κ1) is 20.0. The number of nitrogens with zero attached hydrogens (tertiary/aromatic N) is 2. The van der Waals surface area contributed by atoms with E-state index in [-0.39, 0.29) is 25.0 Å². The van der Waals surface area contributed by atoms with Crippen LogP contribution >= 0.6 is 11.6 Å². The number of fused-ring (bicyclic) bond motifs is 1. The quantitative estimate of drug-likeness (QED) is 0.769. The van der Waals surface area contributed by atoms with Gasteiger partial charge < -0.3 is 24.6 Å². The average Bonchev–Trinajstić information content (AvgIpc) is 2.66. The van der Waals surface area contributed by atoms with Crippen LogP contribution in [0, 0.1) is 0 Å². The number of amides is 2. The van der Waals surface area contributed by atoms with Crippen LogP contribution in [0.1, 0.15) is 0 Å². The highest BCUT2D eigenvalue weighted by molar-refractivity contribution is 6.32. The lowest BCUT2D eigenvalue weighted by Crippen LogP contribution is -2.42. The molecule has 1 aliphatic rings. The molecule has 0 aliphatic carbocycles. The molecule has 8 heteroatoms. The zero-order chi connectivity index (χ0) is 20.1. The minimum Gasteiger partial charge on any atom is -0.482 e. The molecular weight excluding hydrogens is 382 g/mol. The Bertz CT molecular complexity index is 872. The number of likely N-dealkylation sites (N-methyl/N-ethyl adjacent to an activating group) is 1. The lowest BCUT2D eigenvalue weighted by Gasteiger charge is -2.30. The van der Waals surface area contributed by atoms with Gasteiger partial charge in [0.15, 0.2) is 13.2 Å². The van der Waals surface area contributed by atoms with Gasteiger partial charge in [-0.3, -0.25) is 9.59 Å². The molecule has 0 radical (unpaired) electrons. The van der Waals surface area contributed by atoms with Crippen LogP contribution in [0.15, 0.2) is 42.5 Å². The van der Waals surface area contributed by atoms with E-state index < -0.39 is 0 Å². The van der Waals surface area contributed by atoms with Crippen molar-refractivity contribution < 1.29 is 19.1 Å². The largest absolute Gasteiger partial charge is 0.482 e. The number of halogens is 1. The Morgan fingerprint density at radius 1 is 1.29 bits per heavy atom. The van der Waals surface area contributed by atoms with Crippen LogP contribution in [-0.4, -0.2) is 57.1 Å². The molecule has 7 nitrogen and oxygen atoms in total. The fourth-order valence-corrected chi connectivity index (χ4v) is 2.92. The monoisotopic (exact) mass is 403 g/mol. The van der Waals surface area contributed by atoms with E-state index in [0.717, 1.165) is 6.54 Å². The van der Waals surface area contributed by atoms with Gasteiger partial charge in [0.05, 0.1) is 10.7 Å². The van der Waals surface area contributed by atoms with Crippen molar-refractivity contribution in [3.8, 4) is 11.5 Å². The van der Waals surface area contributed by atoms with Gasteiger partial charge >= 0.3 is 0 Å². The molecule has 0 spiro atoms. The molecule has 28 heavy (non-hydrogen) atoms. The predicted molar refractivity (Wildman–Crippen MR) is 108 cm³/mol. The van der Waals surface area contributed by atoms with E-state index in [1.807, 2.05) is 19.0 Å². The summed E-state index contributed by atoms with van der Waals surface area (Å²) in [5.41, 5.74) is 1.26. The molecule has 0 atom stereocenters. The molecule has 2 aromatic rings. The van der Waals surface area contributed by atoms with E-state index >= 15 is 0 Å². The standard InChI is InChI=1S/C20H22ClN3O4/c1-23(2)9-10-24-16-8-7-14(11-18(16)28-13-20(24)26)22-19(25)12-27-17-6-4-3-5-15(17)21/h3-8,11H,9-10,12-13H2,1-2H3,(H,22,25). The van der Waals surface area contributed by atoms with Crippen LogP contribution in [0.3, 0.4) is 0 Å². The molecule has 1 aliphatic heterocycles. The Labute approximate surface area is 168 Å². The number of carbonyl (C=O) groups is 2. The lowest BCUT2D eigenvalue weighted by atomic mass is 10.2. The van der Waals surface area contributed by atoms with Crippen molar-refractivity contribution in [3.05, 3.63) is 47.5 Å². The van der Waals surface area contributed by atoms with Crippen molar-refractivity contribution in [2.45, 2.75) is 0 Å². The molecule has 2 aromatic carbocycles. The Balaban J connectivity index is 1.64. The summed E-state index contributed by atoms with van der Waals surface area (Å²) in [7, 11) is 3.91. The first-order valence-corrected chi connectivity index (χ1v) is 9.21. The van der Waals surface area contributed by atoms with Crippen molar-refractivity contribution in [3.63, 3.8) is 0 Å². The van der Waals surface area contributed by atoms with Gasteiger partial charge in [-0.25, -0.2) is 0 Å². The van der Waals surface area contributed by atoms with E-state index in [0.29, 0.717) is 34.4 Å². The van der Waals surface area contributed by atoms with Gasteiger partial charge in [-0.15, -0.1) is 0 Å². The highest BCUT2D eigenvalue weighted by Gasteiger charge is 2.25. The predicted octanol–water partition coefficient (Wildman–Crippen LogP) is 2.64. The summed E-state index contributed by atoms with van der Waals surface area (Å²) in [6, 6.07) is 12.2. The van der Waals surface area contributed by atoms with Gasteiger partial charge in [-0.2, -0.15) is 0 Å². The van der Waals surface area contributed by atoms with Gasteiger partial charge in [-0.1, -0.05) is 23.7 Å². The van der Waals surface area contributed by atoms with Crippen LogP contribution < -0.4 is 19.7 Å². The fraction of sp³-hybridized carbons (Fsp3) is 0.300. The van der Waals surface area contributed by atoms with Gasteiger partial charge in [0.2, 0.25) is 0 Å². The second kappa shape index (κ2) is 8.95. The van der Waals surface area contributed by atoms with Gasteiger partial charge in [-0.05, 0) is 38.4 Å². The van der Waals surface area contributed by atoms with Crippen molar-refractivity contribution in [1.29, 1.82) is 0 Å². The molecule has 0 aromatic heterocycles. The zero-order valence-corrected chi connectivity index (χ0v) is 16.5. The van der Waals surface area contributed by atoms with E-state index in [9.17, 15) is 9.59 Å². The number of benzene rings is 2. The molecule has 0 saturated heterocycles. The minimum atomic E-state index is -0.323. The second-order valence-corrected chi connectivity index (χ2v) is 6.99. The summed E-state index contributed by atoms with van der Waals surface area (Å²) in [4.78, 5) is 28.0. The molecule has 0 unspecified atom stereocenters. The molecule has 3 rings (SSSR count). The maximum atomic E-state index is 12.2. The first-order valence-electron chi connectivity index (χ1n) is 8.83. The van der Waals surface area contributed by atoms with Crippen molar-refractivity contribution in [1.82, 2.24) is 4.90 Å².